The molecule has 1 fully saturated rings. The minimum Gasteiger partial charge on any atom is -0.480 e. The van der Waals surface area contributed by atoms with E-state index >= 15 is 0 Å². The molecule has 20 heavy (non-hydrogen) atoms. The topological polar surface area (TPSA) is 56.9 Å². The molecule has 5 heteroatoms. The highest BCUT2D eigenvalue weighted by Crippen LogP contribution is 2.26. The number of fused-ring (bicyclic) bond motifs is 1. The molecule has 1 aliphatic heterocycles. The second-order valence-electron chi connectivity index (χ2n) is 5.34. The van der Waals surface area contributed by atoms with Gasteiger partial charge in [-0.15, -0.1) is 0 Å². The lowest BCUT2D eigenvalue weighted by Crippen LogP contribution is -2.47. The third kappa shape index (κ3) is 2.42. The molecule has 1 saturated heterocycles. The summed E-state index contributed by atoms with van der Waals surface area (Å²) in [6.07, 6.45) is 3.33. The standard InChI is InChI=1S/C15H18N2O3/c1-16-4-6-17(7-5-16)14(15(18)19)11-2-3-12-9-20-10-13(12)8-11/h2-3,8-10,14H,4-7H2,1H3,(H,18,19). The maximum atomic E-state index is 11.7. The van der Waals surface area contributed by atoms with Crippen molar-refractivity contribution in [1.29, 1.82) is 0 Å². The van der Waals surface area contributed by atoms with Crippen molar-refractivity contribution in [3.63, 3.8) is 0 Å². The van der Waals surface area contributed by atoms with E-state index < -0.39 is 12.0 Å². The van der Waals surface area contributed by atoms with Gasteiger partial charge in [-0.1, -0.05) is 12.1 Å². The monoisotopic (exact) mass is 274 g/mol. The predicted octanol–water partition coefficient (Wildman–Crippen LogP) is 1.81. The fraction of sp³-hybridized carbons (Fsp3) is 0.400. The van der Waals surface area contributed by atoms with E-state index in [1.165, 1.54) is 0 Å². The fourth-order valence-corrected chi connectivity index (χ4v) is 2.74. The zero-order valence-electron chi connectivity index (χ0n) is 11.5. The molecule has 1 aliphatic rings. The number of benzene rings is 1. The molecule has 1 unspecified atom stereocenters. The van der Waals surface area contributed by atoms with Crippen LogP contribution >= 0.6 is 0 Å². The number of carbonyl (C=O) groups is 1. The summed E-state index contributed by atoms with van der Waals surface area (Å²) in [5, 5.41) is 11.5. The average Bonchev–Trinajstić information content (AvgIpc) is 2.88. The van der Waals surface area contributed by atoms with Crippen LogP contribution in [0.4, 0.5) is 0 Å². The first-order chi connectivity index (χ1) is 9.65. The number of carboxylic acid groups (broad SMARTS) is 1. The van der Waals surface area contributed by atoms with E-state index in [-0.39, 0.29) is 0 Å². The van der Waals surface area contributed by atoms with Crippen LogP contribution in [0.25, 0.3) is 10.8 Å². The largest absolute Gasteiger partial charge is 0.480 e. The van der Waals surface area contributed by atoms with Gasteiger partial charge in [0, 0.05) is 37.0 Å². The Bertz CT molecular complexity index is 614. The van der Waals surface area contributed by atoms with Crippen molar-refractivity contribution in [2.75, 3.05) is 33.2 Å². The van der Waals surface area contributed by atoms with Crippen molar-refractivity contribution in [3.05, 3.63) is 36.3 Å². The van der Waals surface area contributed by atoms with Gasteiger partial charge in [0.25, 0.3) is 0 Å². The minimum atomic E-state index is -0.794. The Morgan fingerprint density at radius 3 is 2.60 bits per heavy atom. The van der Waals surface area contributed by atoms with Crippen LogP contribution in [0.1, 0.15) is 11.6 Å². The van der Waals surface area contributed by atoms with Crippen LogP contribution < -0.4 is 0 Å². The van der Waals surface area contributed by atoms with Crippen LogP contribution in [0.2, 0.25) is 0 Å². The number of hydrogen-bond donors (Lipinski definition) is 1. The summed E-state index contributed by atoms with van der Waals surface area (Å²) >= 11 is 0. The third-order valence-corrected chi connectivity index (χ3v) is 3.95. The lowest BCUT2D eigenvalue weighted by Gasteiger charge is -2.36. The highest BCUT2D eigenvalue weighted by molar-refractivity contribution is 5.84. The van der Waals surface area contributed by atoms with Gasteiger partial charge in [0.1, 0.15) is 6.04 Å². The molecule has 1 aromatic heterocycles. The van der Waals surface area contributed by atoms with E-state index in [2.05, 4.69) is 11.9 Å². The van der Waals surface area contributed by atoms with E-state index in [4.69, 9.17) is 4.42 Å². The number of hydrogen-bond acceptors (Lipinski definition) is 4. The van der Waals surface area contributed by atoms with Gasteiger partial charge < -0.3 is 14.4 Å². The number of likely N-dealkylation sites (N-methyl/N-ethyl adjacent to an activating group) is 1. The molecular weight excluding hydrogens is 256 g/mol. The van der Waals surface area contributed by atoms with Gasteiger partial charge in [0.2, 0.25) is 0 Å². The molecule has 0 spiro atoms. The lowest BCUT2D eigenvalue weighted by atomic mass is 10.0. The van der Waals surface area contributed by atoms with Crippen molar-refractivity contribution >= 4 is 16.7 Å². The lowest BCUT2D eigenvalue weighted by molar-refractivity contribution is -0.144. The summed E-state index contributed by atoms with van der Waals surface area (Å²) in [5.74, 6) is -0.794. The highest BCUT2D eigenvalue weighted by Gasteiger charge is 2.29. The number of aliphatic carboxylic acids is 1. The Kier molecular flexibility index (Phi) is 3.46. The van der Waals surface area contributed by atoms with Gasteiger partial charge in [0.05, 0.1) is 12.5 Å². The molecule has 1 aromatic carbocycles. The van der Waals surface area contributed by atoms with Crippen molar-refractivity contribution < 1.29 is 14.3 Å². The molecule has 5 nitrogen and oxygen atoms in total. The summed E-state index contributed by atoms with van der Waals surface area (Å²) in [4.78, 5) is 15.9. The van der Waals surface area contributed by atoms with Crippen LogP contribution in [0.15, 0.2) is 35.1 Å². The summed E-state index contributed by atoms with van der Waals surface area (Å²) in [5.41, 5.74) is 0.816. The Morgan fingerprint density at radius 1 is 1.20 bits per heavy atom. The Labute approximate surface area is 117 Å². The summed E-state index contributed by atoms with van der Waals surface area (Å²) in [7, 11) is 2.06. The van der Waals surface area contributed by atoms with Gasteiger partial charge in [-0.25, -0.2) is 0 Å². The van der Waals surface area contributed by atoms with E-state index in [1.54, 1.807) is 12.5 Å². The summed E-state index contributed by atoms with van der Waals surface area (Å²) in [6.45, 7) is 3.35. The maximum Gasteiger partial charge on any atom is 0.325 e. The van der Waals surface area contributed by atoms with Crippen molar-refractivity contribution in [3.8, 4) is 0 Å². The van der Waals surface area contributed by atoms with E-state index in [0.717, 1.165) is 42.5 Å². The van der Waals surface area contributed by atoms with Crippen LogP contribution in [-0.2, 0) is 4.79 Å². The molecule has 0 bridgehead atoms. The number of piperazine rings is 1. The molecule has 0 aliphatic carbocycles. The highest BCUT2D eigenvalue weighted by atomic mass is 16.4. The molecule has 3 rings (SSSR count). The first-order valence-electron chi connectivity index (χ1n) is 6.76. The molecule has 0 saturated carbocycles. The predicted molar refractivity (Wildman–Crippen MR) is 75.7 cm³/mol. The number of rotatable bonds is 3. The van der Waals surface area contributed by atoms with Crippen LogP contribution in [-0.4, -0.2) is 54.1 Å². The second kappa shape index (κ2) is 5.26. The van der Waals surface area contributed by atoms with Crippen molar-refractivity contribution in [2.24, 2.45) is 0 Å². The smallest absolute Gasteiger partial charge is 0.325 e. The maximum absolute atomic E-state index is 11.7. The number of furan rings is 1. The van der Waals surface area contributed by atoms with Crippen LogP contribution in [0, 0.1) is 0 Å². The first-order valence-corrected chi connectivity index (χ1v) is 6.76. The van der Waals surface area contributed by atoms with Gasteiger partial charge in [-0.05, 0) is 18.7 Å². The molecule has 1 N–H and O–H groups in total. The quantitative estimate of drug-likeness (QED) is 0.925. The second-order valence-corrected chi connectivity index (χ2v) is 5.34. The van der Waals surface area contributed by atoms with Gasteiger partial charge in [-0.3, -0.25) is 9.69 Å². The summed E-state index contributed by atoms with van der Waals surface area (Å²) in [6, 6.07) is 5.13. The molecule has 2 aromatic rings. The van der Waals surface area contributed by atoms with E-state index in [9.17, 15) is 9.90 Å². The normalized spacial score (nSPS) is 19.2. The first kappa shape index (κ1) is 13.1. The van der Waals surface area contributed by atoms with Crippen LogP contribution in [0.5, 0.6) is 0 Å². The number of carboxylic acids is 1. The van der Waals surface area contributed by atoms with E-state index in [1.807, 2.05) is 23.1 Å². The molecule has 0 amide bonds. The average molecular weight is 274 g/mol. The Morgan fingerprint density at radius 2 is 1.90 bits per heavy atom. The van der Waals surface area contributed by atoms with Gasteiger partial charge in [0.15, 0.2) is 0 Å². The minimum absolute atomic E-state index is 0.581. The third-order valence-electron chi connectivity index (χ3n) is 3.95. The van der Waals surface area contributed by atoms with Gasteiger partial charge >= 0.3 is 5.97 Å². The van der Waals surface area contributed by atoms with Crippen molar-refractivity contribution in [2.45, 2.75) is 6.04 Å². The van der Waals surface area contributed by atoms with E-state index in [0.29, 0.717) is 0 Å². The Balaban J connectivity index is 1.91. The molecular formula is C15H18N2O3. The Hall–Kier alpha value is -1.85. The molecule has 0 radical (unpaired) electrons. The fourth-order valence-electron chi connectivity index (χ4n) is 2.74. The summed E-state index contributed by atoms with van der Waals surface area (Å²) < 4.78 is 5.15. The van der Waals surface area contributed by atoms with Gasteiger partial charge in [-0.2, -0.15) is 0 Å². The number of nitrogens with zero attached hydrogens (tertiary/aromatic N) is 2. The molecule has 2 heterocycles. The van der Waals surface area contributed by atoms with Crippen molar-refractivity contribution in [1.82, 2.24) is 9.80 Å². The SMILES string of the molecule is CN1CCN(C(C(=O)O)c2ccc3cocc3c2)CC1. The molecule has 1 atom stereocenters. The zero-order valence-corrected chi connectivity index (χ0v) is 11.5. The van der Waals surface area contributed by atoms with Crippen LogP contribution in [0.3, 0.4) is 0 Å². The molecule has 106 valence electrons. The zero-order chi connectivity index (χ0) is 14.1.